The Morgan fingerprint density at radius 2 is 1.81 bits per heavy atom. The largest absolute Gasteiger partial charge is 0.491 e. The molecule has 0 heterocycles. The van der Waals surface area contributed by atoms with Crippen LogP contribution in [0.5, 0.6) is 5.75 Å². The van der Waals surface area contributed by atoms with E-state index in [1.165, 1.54) is 9.13 Å². The molecule has 0 bridgehead atoms. The first-order chi connectivity index (χ1) is 10.0. The lowest BCUT2D eigenvalue weighted by Crippen LogP contribution is -2.20. The highest BCUT2D eigenvalue weighted by Crippen LogP contribution is 2.34. The molecule has 0 radical (unpaired) electrons. The summed E-state index contributed by atoms with van der Waals surface area (Å²) < 4.78 is 8.28. The fraction of sp³-hybridized carbons (Fsp3) is 0.294. The molecule has 1 atom stereocenters. The van der Waals surface area contributed by atoms with Gasteiger partial charge in [-0.1, -0.05) is 34.1 Å². The second kappa shape index (κ2) is 7.61. The van der Waals surface area contributed by atoms with Crippen molar-refractivity contribution in [3.8, 4) is 5.75 Å². The normalized spacial score (nSPS) is 12.5. The van der Waals surface area contributed by atoms with Crippen LogP contribution < -0.4 is 10.1 Å². The maximum absolute atomic E-state index is 5.96. The third-order valence-corrected chi connectivity index (χ3v) is 4.54. The Morgan fingerprint density at radius 3 is 2.48 bits per heavy atom. The molecule has 0 aliphatic heterocycles. The van der Waals surface area contributed by atoms with Gasteiger partial charge in [0.1, 0.15) is 5.75 Å². The Balaban J connectivity index is 2.49. The van der Waals surface area contributed by atoms with E-state index in [0.29, 0.717) is 0 Å². The van der Waals surface area contributed by atoms with Crippen LogP contribution in [0, 0.1) is 3.57 Å². The van der Waals surface area contributed by atoms with Gasteiger partial charge in [0, 0.05) is 13.6 Å². The highest BCUT2D eigenvalue weighted by Gasteiger charge is 2.19. The molecule has 0 amide bonds. The summed E-state index contributed by atoms with van der Waals surface area (Å²) in [5.41, 5.74) is 2.36. The third-order valence-electron chi connectivity index (χ3n) is 3.15. The summed E-state index contributed by atoms with van der Waals surface area (Å²) in [6.45, 7) is 4.10. The van der Waals surface area contributed by atoms with E-state index in [9.17, 15) is 0 Å². The summed E-state index contributed by atoms with van der Waals surface area (Å²) in [6.07, 6.45) is 0.156. The molecule has 2 aromatic rings. The first-order valence-electron chi connectivity index (χ1n) is 6.90. The van der Waals surface area contributed by atoms with Gasteiger partial charge in [0.15, 0.2) is 0 Å². The second-order valence-corrected chi connectivity index (χ2v) is 7.19. The van der Waals surface area contributed by atoms with E-state index >= 15 is 0 Å². The van der Waals surface area contributed by atoms with Crippen LogP contribution in [0.1, 0.15) is 31.0 Å². The van der Waals surface area contributed by atoms with Crippen molar-refractivity contribution in [2.45, 2.75) is 26.0 Å². The number of halogens is 2. The van der Waals surface area contributed by atoms with Crippen molar-refractivity contribution in [1.29, 1.82) is 0 Å². The minimum atomic E-state index is 0.0871. The van der Waals surface area contributed by atoms with Crippen LogP contribution in [0.3, 0.4) is 0 Å². The summed E-state index contributed by atoms with van der Waals surface area (Å²) in [5.74, 6) is 0.928. The van der Waals surface area contributed by atoms with Crippen LogP contribution in [-0.4, -0.2) is 13.2 Å². The number of hydrogen-bond donors (Lipinski definition) is 1. The van der Waals surface area contributed by atoms with E-state index in [2.05, 4.69) is 74.2 Å². The Morgan fingerprint density at radius 1 is 1.10 bits per heavy atom. The Labute approximate surface area is 148 Å². The van der Waals surface area contributed by atoms with Gasteiger partial charge in [-0.2, -0.15) is 0 Å². The van der Waals surface area contributed by atoms with Gasteiger partial charge in [-0.3, -0.25) is 0 Å². The molecule has 2 rings (SSSR count). The predicted molar refractivity (Wildman–Crippen MR) is 100.0 cm³/mol. The molecule has 2 nitrogen and oxygen atoms in total. The summed E-state index contributed by atoms with van der Waals surface area (Å²) in [5, 5.41) is 3.40. The van der Waals surface area contributed by atoms with Crippen molar-refractivity contribution in [1.82, 2.24) is 5.32 Å². The van der Waals surface area contributed by atoms with E-state index in [1.54, 1.807) is 0 Å². The molecule has 0 aliphatic rings. The van der Waals surface area contributed by atoms with E-state index in [1.807, 2.05) is 33.0 Å². The smallest absolute Gasteiger partial charge is 0.124 e. The standard InChI is InChI=1S/C17H19BrINO/c1-11(2)21-16-7-5-4-6-13(16)17(20-3)14-10-12(19)8-9-15(14)18/h4-11,17,20H,1-3H3. The average molecular weight is 460 g/mol. The molecule has 21 heavy (non-hydrogen) atoms. The Kier molecular flexibility index (Phi) is 6.08. The van der Waals surface area contributed by atoms with Gasteiger partial charge in [-0.15, -0.1) is 0 Å². The highest BCUT2D eigenvalue weighted by atomic mass is 127. The maximum atomic E-state index is 5.96. The zero-order chi connectivity index (χ0) is 15.4. The lowest BCUT2D eigenvalue weighted by molar-refractivity contribution is 0.238. The maximum Gasteiger partial charge on any atom is 0.124 e. The number of hydrogen-bond acceptors (Lipinski definition) is 2. The fourth-order valence-electron chi connectivity index (χ4n) is 2.29. The van der Waals surface area contributed by atoms with Gasteiger partial charge in [-0.05, 0) is 73.3 Å². The van der Waals surface area contributed by atoms with E-state index in [4.69, 9.17) is 4.74 Å². The summed E-state index contributed by atoms with van der Waals surface area (Å²) in [7, 11) is 1.98. The predicted octanol–water partition coefficient (Wildman–Crippen LogP) is 5.15. The molecule has 1 unspecified atom stereocenters. The number of para-hydroxylation sites is 1. The molecule has 0 aromatic heterocycles. The monoisotopic (exact) mass is 459 g/mol. The van der Waals surface area contributed by atoms with Crippen molar-refractivity contribution < 1.29 is 4.74 Å². The van der Waals surface area contributed by atoms with Crippen LogP contribution in [0.2, 0.25) is 0 Å². The zero-order valence-corrected chi connectivity index (χ0v) is 16.1. The van der Waals surface area contributed by atoms with Crippen molar-refractivity contribution in [3.05, 3.63) is 61.6 Å². The van der Waals surface area contributed by atoms with E-state index in [-0.39, 0.29) is 12.1 Å². The van der Waals surface area contributed by atoms with E-state index < -0.39 is 0 Å². The van der Waals surface area contributed by atoms with Gasteiger partial charge in [0.25, 0.3) is 0 Å². The van der Waals surface area contributed by atoms with Gasteiger partial charge < -0.3 is 10.1 Å². The summed E-state index contributed by atoms with van der Waals surface area (Å²) >= 11 is 6.00. The zero-order valence-electron chi connectivity index (χ0n) is 12.4. The first-order valence-corrected chi connectivity index (χ1v) is 8.78. The summed E-state index contributed by atoms with van der Waals surface area (Å²) in [6, 6.07) is 14.7. The van der Waals surface area contributed by atoms with Crippen LogP contribution in [0.4, 0.5) is 0 Å². The fourth-order valence-corrected chi connectivity index (χ4v) is 3.29. The minimum absolute atomic E-state index is 0.0871. The molecule has 0 saturated carbocycles. The topological polar surface area (TPSA) is 21.3 Å². The van der Waals surface area contributed by atoms with Gasteiger partial charge in [0.05, 0.1) is 12.1 Å². The number of benzene rings is 2. The second-order valence-electron chi connectivity index (χ2n) is 5.09. The SMILES string of the molecule is CNC(c1cc(I)ccc1Br)c1ccccc1OC(C)C. The quantitative estimate of drug-likeness (QED) is 0.624. The van der Waals surface area contributed by atoms with Crippen LogP contribution in [0.25, 0.3) is 0 Å². The number of ether oxygens (including phenoxy) is 1. The van der Waals surface area contributed by atoms with Crippen LogP contribution >= 0.6 is 38.5 Å². The lowest BCUT2D eigenvalue weighted by Gasteiger charge is -2.23. The Hall–Kier alpha value is -0.590. The van der Waals surface area contributed by atoms with Crippen LogP contribution in [-0.2, 0) is 0 Å². The lowest BCUT2D eigenvalue weighted by atomic mass is 9.98. The highest BCUT2D eigenvalue weighted by molar-refractivity contribution is 14.1. The molecular formula is C17H19BrINO. The molecule has 112 valence electrons. The average Bonchev–Trinajstić information content (AvgIpc) is 2.44. The van der Waals surface area contributed by atoms with Gasteiger partial charge in [0.2, 0.25) is 0 Å². The molecule has 0 aliphatic carbocycles. The third kappa shape index (κ3) is 4.20. The van der Waals surface area contributed by atoms with E-state index in [0.717, 1.165) is 15.8 Å². The number of nitrogens with one attached hydrogen (secondary N) is 1. The first kappa shape index (κ1) is 16.8. The van der Waals surface area contributed by atoms with Crippen molar-refractivity contribution >= 4 is 38.5 Å². The molecule has 2 aromatic carbocycles. The van der Waals surface area contributed by atoms with Crippen molar-refractivity contribution in [2.75, 3.05) is 7.05 Å². The molecule has 0 saturated heterocycles. The van der Waals surface area contributed by atoms with Crippen molar-refractivity contribution in [2.24, 2.45) is 0 Å². The van der Waals surface area contributed by atoms with Gasteiger partial charge >= 0.3 is 0 Å². The summed E-state index contributed by atoms with van der Waals surface area (Å²) in [4.78, 5) is 0. The number of rotatable bonds is 5. The molecule has 1 N–H and O–H groups in total. The molecule has 0 fully saturated rings. The van der Waals surface area contributed by atoms with Gasteiger partial charge in [-0.25, -0.2) is 0 Å². The minimum Gasteiger partial charge on any atom is -0.491 e. The van der Waals surface area contributed by atoms with Crippen LogP contribution in [0.15, 0.2) is 46.9 Å². The molecule has 4 heteroatoms. The Bertz CT molecular complexity index is 615. The molecule has 0 spiro atoms. The molecular weight excluding hydrogens is 441 g/mol. The van der Waals surface area contributed by atoms with Crippen molar-refractivity contribution in [3.63, 3.8) is 0 Å².